The summed E-state index contributed by atoms with van der Waals surface area (Å²) in [5, 5.41) is 30.6. The van der Waals surface area contributed by atoms with E-state index in [0.29, 0.717) is 16.7 Å². The summed E-state index contributed by atoms with van der Waals surface area (Å²) in [6.45, 7) is 0. The number of aromatic hydroxyl groups is 3. The molecule has 0 aliphatic carbocycles. The Kier molecular flexibility index (Phi) is 4.70. The van der Waals surface area contributed by atoms with Crippen LogP contribution in [0.15, 0.2) is 63.8 Å². The van der Waals surface area contributed by atoms with Crippen molar-refractivity contribution in [3.05, 3.63) is 75.9 Å². The SMILES string of the molecule is COc1ccc(-c2cc(=O)c3c(O)cc4c(c3o2)[C@@H](c2cccc(O)c2)CC(=O)O4)cc1O. The summed E-state index contributed by atoms with van der Waals surface area (Å²) in [4.78, 5) is 25.3. The predicted octanol–water partition coefficient (Wildman–Crippen LogP) is 4.03. The number of fused-ring (bicyclic) bond motifs is 3. The highest BCUT2D eigenvalue weighted by Crippen LogP contribution is 2.46. The fourth-order valence-electron chi connectivity index (χ4n) is 4.17. The third-order valence-electron chi connectivity index (χ3n) is 5.66. The average Bonchev–Trinajstić information content (AvgIpc) is 2.77. The van der Waals surface area contributed by atoms with E-state index < -0.39 is 17.3 Å². The van der Waals surface area contributed by atoms with Gasteiger partial charge in [-0.15, -0.1) is 0 Å². The molecule has 0 unspecified atom stereocenters. The van der Waals surface area contributed by atoms with Crippen molar-refractivity contribution in [2.45, 2.75) is 12.3 Å². The monoisotopic (exact) mass is 446 g/mol. The van der Waals surface area contributed by atoms with Gasteiger partial charge in [0.1, 0.15) is 34.0 Å². The highest BCUT2D eigenvalue weighted by molar-refractivity contribution is 5.93. The Morgan fingerprint density at radius 2 is 1.79 bits per heavy atom. The minimum absolute atomic E-state index is 0.0203. The van der Waals surface area contributed by atoms with Crippen molar-refractivity contribution in [1.29, 1.82) is 0 Å². The molecule has 5 rings (SSSR count). The number of carbonyl (C=O) groups excluding carboxylic acids is 1. The highest BCUT2D eigenvalue weighted by Gasteiger charge is 2.33. The maximum atomic E-state index is 13.0. The molecule has 166 valence electrons. The van der Waals surface area contributed by atoms with Gasteiger partial charge in [0.15, 0.2) is 16.9 Å². The summed E-state index contributed by atoms with van der Waals surface area (Å²) in [5.74, 6) is -1.13. The Morgan fingerprint density at radius 3 is 2.52 bits per heavy atom. The standard InChI is InChI=1S/C25H18O8/c1-31-19-6-5-13(8-16(19)27)20-10-17(28)24-18(29)11-21-23(25(24)33-20)15(9-22(30)32-21)12-3-2-4-14(26)7-12/h2-8,10-11,15,26-27,29H,9H2,1H3/t15-/m1/s1. The maximum Gasteiger partial charge on any atom is 0.312 e. The number of rotatable bonds is 3. The molecule has 2 heterocycles. The van der Waals surface area contributed by atoms with Crippen molar-refractivity contribution >= 4 is 16.9 Å². The molecule has 0 fully saturated rings. The highest BCUT2D eigenvalue weighted by atomic mass is 16.5. The first-order valence-corrected chi connectivity index (χ1v) is 10.1. The maximum absolute atomic E-state index is 13.0. The molecule has 0 spiro atoms. The summed E-state index contributed by atoms with van der Waals surface area (Å²) in [6, 6.07) is 13.4. The van der Waals surface area contributed by atoms with E-state index >= 15 is 0 Å². The molecule has 3 aromatic carbocycles. The van der Waals surface area contributed by atoms with Crippen LogP contribution in [0.5, 0.6) is 28.7 Å². The zero-order valence-corrected chi connectivity index (χ0v) is 17.4. The lowest BCUT2D eigenvalue weighted by molar-refractivity contribution is -0.135. The van der Waals surface area contributed by atoms with Gasteiger partial charge in [0.05, 0.1) is 13.5 Å². The van der Waals surface area contributed by atoms with E-state index in [9.17, 15) is 24.9 Å². The first kappa shape index (κ1) is 20.4. The fraction of sp³-hybridized carbons (Fsp3) is 0.120. The normalized spacial score (nSPS) is 15.2. The molecule has 3 N–H and O–H groups in total. The van der Waals surface area contributed by atoms with Gasteiger partial charge in [0, 0.05) is 29.2 Å². The first-order chi connectivity index (χ1) is 15.9. The second-order valence-electron chi connectivity index (χ2n) is 7.70. The zero-order chi connectivity index (χ0) is 23.3. The van der Waals surface area contributed by atoms with E-state index in [2.05, 4.69) is 0 Å². The van der Waals surface area contributed by atoms with Crippen LogP contribution in [-0.4, -0.2) is 28.4 Å². The molecule has 1 aliphatic heterocycles. The van der Waals surface area contributed by atoms with Crippen molar-refractivity contribution in [2.75, 3.05) is 7.11 Å². The zero-order valence-electron chi connectivity index (χ0n) is 17.4. The third kappa shape index (κ3) is 3.41. The molecule has 0 bridgehead atoms. The number of phenolic OH excluding ortho intramolecular Hbond substituents is 3. The van der Waals surface area contributed by atoms with Crippen LogP contribution in [-0.2, 0) is 4.79 Å². The molecule has 4 aromatic rings. The molecule has 33 heavy (non-hydrogen) atoms. The Bertz CT molecular complexity index is 1480. The first-order valence-electron chi connectivity index (χ1n) is 10.1. The number of esters is 1. The largest absolute Gasteiger partial charge is 0.508 e. The molecule has 1 aromatic heterocycles. The summed E-state index contributed by atoms with van der Waals surface area (Å²) in [5.41, 5.74) is 0.989. The third-order valence-corrected chi connectivity index (χ3v) is 5.66. The molecule has 8 heteroatoms. The lowest BCUT2D eigenvalue weighted by atomic mass is 9.85. The number of hydrogen-bond acceptors (Lipinski definition) is 8. The topological polar surface area (TPSA) is 126 Å². The number of carbonyl (C=O) groups is 1. The van der Waals surface area contributed by atoms with Crippen molar-refractivity contribution in [3.8, 4) is 40.1 Å². The van der Waals surface area contributed by atoms with Crippen molar-refractivity contribution in [3.63, 3.8) is 0 Å². The lowest BCUT2D eigenvalue weighted by Crippen LogP contribution is -2.22. The second-order valence-corrected chi connectivity index (χ2v) is 7.70. The van der Waals surface area contributed by atoms with Crippen LogP contribution in [0.3, 0.4) is 0 Å². The van der Waals surface area contributed by atoms with Gasteiger partial charge < -0.3 is 29.2 Å². The quantitative estimate of drug-likeness (QED) is 0.318. The fourth-order valence-corrected chi connectivity index (χ4v) is 4.17. The number of benzene rings is 3. The predicted molar refractivity (Wildman–Crippen MR) is 118 cm³/mol. The molecule has 1 aliphatic rings. The van der Waals surface area contributed by atoms with Gasteiger partial charge in [-0.05, 0) is 35.9 Å². The van der Waals surface area contributed by atoms with E-state index in [4.69, 9.17) is 13.9 Å². The van der Waals surface area contributed by atoms with Gasteiger partial charge in [-0.2, -0.15) is 0 Å². The van der Waals surface area contributed by atoms with Crippen LogP contribution in [0, 0.1) is 0 Å². The average molecular weight is 446 g/mol. The van der Waals surface area contributed by atoms with Gasteiger partial charge in [0.25, 0.3) is 0 Å². The summed E-state index contributed by atoms with van der Waals surface area (Å²) in [6.07, 6.45) is -0.0480. The molecular formula is C25H18O8. The molecule has 1 atom stereocenters. The van der Waals surface area contributed by atoms with E-state index in [1.54, 1.807) is 18.2 Å². The number of hydrogen-bond donors (Lipinski definition) is 3. The van der Waals surface area contributed by atoms with Gasteiger partial charge in [-0.1, -0.05) is 12.1 Å². The number of methoxy groups -OCH3 is 1. The van der Waals surface area contributed by atoms with Gasteiger partial charge in [-0.25, -0.2) is 0 Å². The van der Waals surface area contributed by atoms with E-state index in [0.717, 1.165) is 0 Å². The van der Waals surface area contributed by atoms with Crippen molar-refractivity contribution < 1.29 is 34.0 Å². The summed E-state index contributed by atoms with van der Waals surface area (Å²) < 4.78 is 16.5. The van der Waals surface area contributed by atoms with Gasteiger partial charge in [-0.3, -0.25) is 9.59 Å². The van der Waals surface area contributed by atoms with Crippen molar-refractivity contribution in [2.24, 2.45) is 0 Å². The Labute approximate surface area is 186 Å². The molecule has 0 radical (unpaired) electrons. The van der Waals surface area contributed by atoms with Crippen LogP contribution in [0.4, 0.5) is 0 Å². The van der Waals surface area contributed by atoms with E-state index in [1.807, 2.05) is 0 Å². The lowest BCUT2D eigenvalue weighted by Gasteiger charge is -2.26. The molecule has 0 saturated heterocycles. The van der Waals surface area contributed by atoms with Crippen LogP contribution in [0.2, 0.25) is 0 Å². The Balaban J connectivity index is 1.80. The number of phenols is 3. The van der Waals surface area contributed by atoms with Crippen LogP contribution in [0.25, 0.3) is 22.3 Å². The van der Waals surface area contributed by atoms with E-state index in [-0.39, 0.29) is 51.9 Å². The number of ether oxygens (including phenoxy) is 2. The molecule has 0 amide bonds. The minimum Gasteiger partial charge on any atom is -0.508 e. The molecule has 0 saturated carbocycles. The van der Waals surface area contributed by atoms with Gasteiger partial charge >= 0.3 is 5.97 Å². The van der Waals surface area contributed by atoms with Crippen molar-refractivity contribution in [1.82, 2.24) is 0 Å². The molecular weight excluding hydrogens is 428 g/mol. The molecule has 8 nitrogen and oxygen atoms in total. The smallest absolute Gasteiger partial charge is 0.312 e. The summed E-state index contributed by atoms with van der Waals surface area (Å²) in [7, 11) is 1.42. The minimum atomic E-state index is -0.584. The van der Waals surface area contributed by atoms with Gasteiger partial charge in [0.2, 0.25) is 0 Å². The second kappa shape index (κ2) is 7.59. The summed E-state index contributed by atoms with van der Waals surface area (Å²) >= 11 is 0. The Morgan fingerprint density at radius 1 is 0.970 bits per heavy atom. The van der Waals surface area contributed by atoms with E-state index in [1.165, 1.54) is 43.5 Å². The van der Waals surface area contributed by atoms with Crippen LogP contribution in [0.1, 0.15) is 23.5 Å². The van der Waals surface area contributed by atoms with Crippen LogP contribution >= 0.6 is 0 Å². The Hall–Kier alpha value is -4.46. The van der Waals surface area contributed by atoms with Crippen LogP contribution < -0.4 is 14.9 Å².